The van der Waals surface area contributed by atoms with Gasteiger partial charge >= 0.3 is 0 Å². The van der Waals surface area contributed by atoms with Crippen molar-refractivity contribution in [1.82, 2.24) is 10.4 Å². The molecule has 0 spiro atoms. The lowest BCUT2D eigenvalue weighted by Crippen LogP contribution is -2.67. The first-order chi connectivity index (χ1) is 7.75. The highest BCUT2D eigenvalue weighted by Crippen LogP contribution is 2.34. The monoisotopic (exact) mass is 225 g/mol. The van der Waals surface area contributed by atoms with Gasteiger partial charge in [-0.3, -0.25) is 0 Å². The average Bonchev–Trinajstić information content (AvgIpc) is 2.29. The molecule has 2 N–H and O–H groups in total. The molecule has 4 heteroatoms. The summed E-state index contributed by atoms with van der Waals surface area (Å²) in [4.78, 5) is 0. The fraction of sp³-hybridized carbons (Fsp3) is 1.00. The number of rotatable bonds is 0. The van der Waals surface area contributed by atoms with Crippen LogP contribution in [0.2, 0.25) is 0 Å². The van der Waals surface area contributed by atoms with Crippen LogP contribution in [-0.2, 0) is 0 Å². The molecule has 4 nitrogen and oxygen atoms in total. The second-order valence-electron chi connectivity index (χ2n) is 5.63. The highest BCUT2D eigenvalue weighted by Gasteiger charge is 2.41. The van der Waals surface area contributed by atoms with Crippen LogP contribution >= 0.6 is 0 Å². The summed E-state index contributed by atoms with van der Waals surface area (Å²) in [6.45, 7) is 0. The number of nitrogens with zero attached hydrogens (tertiary/aromatic N) is 1. The number of piperazine rings is 1. The maximum atomic E-state index is 12.3. The van der Waals surface area contributed by atoms with Crippen LogP contribution in [0, 0.1) is 5.21 Å². The van der Waals surface area contributed by atoms with Gasteiger partial charge in [0.2, 0.25) is 0 Å². The van der Waals surface area contributed by atoms with Crippen molar-refractivity contribution in [3.05, 3.63) is 5.21 Å². The van der Waals surface area contributed by atoms with E-state index in [1.807, 2.05) is 0 Å². The van der Waals surface area contributed by atoms with Crippen molar-refractivity contribution in [2.45, 2.75) is 75.2 Å². The minimum absolute atomic E-state index is 0.114. The van der Waals surface area contributed by atoms with Crippen molar-refractivity contribution in [3.63, 3.8) is 0 Å². The third-order valence-electron chi connectivity index (χ3n) is 4.60. The van der Waals surface area contributed by atoms with E-state index in [0.29, 0.717) is 6.04 Å². The summed E-state index contributed by atoms with van der Waals surface area (Å²) in [6.07, 6.45) is 6.80. The molecule has 0 aromatic carbocycles. The van der Waals surface area contributed by atoms with Gasteiger partial charge in [0.25, 0.3) is 0 Å². The molecule has 3 fully saturated rings. The van der Waals surface area contributed by atoms with E-state index >= 15 is 0 Å². The number of aliphatic hydroxyl groups is 1. The van der Waals surface area contributed by atoms with E-state index in [1.165, 1.54) is 17.9 Å². The van der Waals surface area contributed by atoms with E-state index in [4.69, 9.17) is 0 Å². The van der Waals surface area contributed by atoms with Gasteiger partial charge in [-0.25, -0.2) is 0 Å². The molecular weight excluding hydrogens is 204 g/mol. The van der Waals surface area contributed by atoms with Crippen LogP contribution < -0.4 is 5.32 Å². The number of hydroxylamine groups is 2. The number of nitrogens with one attached hydrogen (secondary N) is 1. The van der Waals surface area contributed by atoms with Crippen LogP contribution in [0.3, 0.4) is 0 Å². The first kappa shape index (κ1) is 11.0. The minimum Gasteiger partial charge on any atom is -0.785 e. The molecule has 0 aromatic heterocycles. The van der Waals surface area contributed by atoms with Crippen molar-refractivity contribution >= 4 is 0 Å². The fourth-order valence-electron chi connectivity index (χ4n) is 3.75. The van der Waals surface area contributed by atoms with Crippen molar-refractivity contribution in [2.24, 2.45) is 0 Å². The van der Waals surface area contributed by atoms with E-state index in [0.717, 1.165) is 32.1 Å². The zero-order chi connectivity index (χ0) is 11.1. The summed E-state index contributed by atoms with van der Waals surface area (Å²) >= 11 is 0. The lowest BCUT2D eigenvalue weighted by atomic mass is 9.80. The Morgan fingerprint density at radius 3 is 2.62 bits per heavy atom. The van der Waals surface area contributed by atoms with E-state index in [1.54, 1.807) is 0 Å². The van der Waals surface area contributed by atoms with Crippen molar-refractivity contribution < 1.29 is 5.11 Å². The van der Waals surface area contributed by atoms with Gasteiger partial charge in [0.05, 0.1) is 6.10 Å². The molecule has 92 valence electrons. The van der Waals surface area contributed by atoms with Gasteiger partial charge in [0.1, 0.15) is 0 Å². The smallest absolute Gasteiger partial charge is 0.0556 e. The second-order valence-corrected chi connectivity index (χ2v) is 5.63. The predicted octanol–water partition coefficient (Wildman–Crippen LogP) is 0.983. The number of aliphatic hydroxyl groups excluding tert-OH is 1. The molecular formula is C12H21N2O2-. The van der Waals surface area contributed by atoms with Gasteiger partial charge in [-0.15, -0.1) is 0 Å². The standard InChI is InChI=1S/C12H21N2O2/c15-8-5-6-12-10(7-8)13-9-3-1-2-4-11(9)14(12)16/h8-13,15H,1-7H2/q-1. The molecule has 16 heavy (non-hydrogen) atoms. The third-order valence-corrected chi connectivity index (χ3v) is 4.60. The van der Waals surface area contributed by atoms with Crippen LogP contribution in [0.4, 0.5) is 0 Å². The fourth-order valence-corrected chi connectivity index (χ4v) is 3.75. The molecule has 3 rings (SSSR count). The number of fused-ring (bicyclic) bond motifs is 2. The summed E-state index contributed by atoms with van der Waals surface area (Å²) in [6, 6.07) is 0.909. The molecule has 5 unspecified atom stereocenters. The highest BCUT2D eigenvalue weighted by atomic mass is 16.5. The molecule has 1 heterocycles. The molecule has 0 radical (unpaired) electrons. The Bertz CT molecular complexity index is 259. The van der Waals surface area contributed by atoms with Crippen molar-refractivity contribution in [3.8, 4) is 0 Å². The van der Waals surface area contributed by atoms with Crippen LogP contribution in [0.1, 0.15) is 44.9 Å². The quantitative estimate of drug-likeness (QED) is 0.645. The normalized spacial score (nSPS) is 49.5. The summed E-state index contributed by atoms with van der Waals surface area (Å²) in [5.74, 6) is 0. The van der Waals surface area contributed by atoms with E-state index in [9.17, 15) is 10.3 Å². The molecule has 5 atom stereocenters. The van der Waals surface area contributed by atoms with E-state index in [-0.39, 0.29) is 24.2 Å². The lowest BCUT2D eigenvalue weighted by molar-refractivity contribution is -0.00621. The molecule has 1 aliphatic heterocycles. The van der Waals surface area contributed by atoms with Gasteiger partial charge < -0.3 is 20.7 Å². The van der Waals surface area contributed by atoms with Gasteiger partial charge in [-0.1, -0.05) is 12.8 Å². The maximum Gasteiger partial charge on any atom is 0.0556 e. The number of hydrogen-bond acceptors (Lipinski definition) is 4. The first-order valence-electron chi connectivity index (χ1n) is 6.65. The Balaban J connectivity index is 1.75. The summed E-state index contributed by atoms with van der Waals surface area (Å²) in [5.41, 5.74) is 0. The number of hydrogen-bond donors (Lipinski definition) is 2. The van der Waals surface area contributed by atoms with Gasteiger partial charge in [-0.05, 0) is 32.1 Å². The SMILES string of the molecule is [O-]N1C2CCCCC2NC2CC(O)CCC21. The average molecular weight is 225 g/mol. The molecule has 1 saturated heterocycles. The molecule has 0 amide bonds. The Kier molecular flexibility index (Phi) is 2.92. The third kappa shape index (κ3) is 1.78. The molecule has 3 aliphatic rings. The van der Waals surface area contributed by atoms with Gasteiger partial charge in [0, 0.05) is 24.2 Å². The van der Waals surface area contributed by atoms with Crippen molar-refractivity contribution in [2.75, 3.05) is 0 Å². The molecule has 2 saturated carbocycles. The molecule has 2 aliphatic carbocycles. The Morgan fingerprint density at radius 2 is 1.75 bits per heavy atom. The Morgan fingerprint density at radius 1 is 1.00 bits per heavy atom. The van der Waals surface area contributed by atoms with E-state index < -0.39 is 0 Å². The van der Waals surface area contributed by atoms with Crippen LogP contribution in [0.5, 0.6) is 0 Å². The van der Waals surface area contributed by atoms with Crippen LogP contribution in [-0.4, -0.2) is 40.4 Å². The van der Waals surface area contributed by atoms with Crippen LogP contribution in [0.25, 0.3) is 0 Å². The second kappa shape index (κ2) is 4.26. The lowest BCUT2D eigenvalue weighted by Gasteiger charge is -2.58. The topological polar surface area (TPSA) is 58.6 Å². The van der Waals surface area contributed by atoms with E-state index in [2.05, 4.69) is 5.32 Å². The summed E-state index contributed by atoms with van der Waals surface area (Å²) in [7, 11) is 0. The zero-order valence-electron chi connectivity index (χ0n) is 9.64. The summed E-state index contributed by atoms with van der Waals surface area (Å²) in [5, 5.41) is 27.0. The highest BCUT2D eigenvalue weighted by molar-refractivity contribution is 5.04. The Labute approximate surface area is 96.6 Å². The predicted molar refractivity (Wildman–Crippen MR) is 61.8 cm³/mol. The molecule has 0 aromatic rings. The van der Waals surface area contributed by atoms with Crippen LogP contribution in [0.15, 0.2) is 0 Å². The largest absolute Gasteiger partial charge is 0.785 e. The van der Waals surface area contributed by atoms with Crippen molar-refractivity contribution in [1.29, 1.82) is 0 Å². The summed E-state index contributed by atoms with van der Waals surface area (Å²) < 4.78 is 0. The minimum atomic E-state index is -0.206. The first-order valence-corrected chi connectivity index (χ1v) is 6.65. The van der Waals surface area contributed by atoms with Gasteiger partial charge in [-0.2, -0.15) is 0 Å². The van der Waals surface area contributed by atoms with Gasteiger partial charge in [0.15, 0.2) is 0 Å². The Hall–Kier alpha value is -0.160. The maximum absolute atomic E-state index is 12.3. The molecule has 0 bridgehead atoms. The zero-order valence-corrected chi connectivity index (χ0v) is 9.64.